The van der Waals surface area contributed by atoms with Gasteiger partial charge < -0.3 is 45.3 Å². The zero-order valence-electron chi connectivity index (χ0n) is 22.9. The summed E-state index contributed by atoms with van der Waals surface area (Å²) < 4.78 is 24.1. The maximum atomic E-state index is 13.6. The molecule has 3 rings (SSSR count). The predicted octanol–water partition coefficient (Wildman–Crippen LogP) is 1.94. The first-order valence-corrected chi connectivity index (χ1v) is 15.9. The zero-order chi connectivity index (χ0) is 30.0. The van der Waals surface area contributed by atoms with Crippen molar-refractivity contribution >= 4 is 91.2 Å². The molecule has 0 radical (unpaired) electrons. The number of carbonyl (C=O) groups excluding carboxylic acids is 3. The van der Waals surface area contributed by atoms with Crippen molar-refractivity contribution in [3.8, 4) is 0 Å². The van der Waals surface area contributed by atoms with Crippen molar-refractivity contribution in [2.75, 3.05) is 44.3 Å². The topological polar surface area (TPSA) is 162 Å². The second kappa shape index (κ2) is 13.9. The van der Waals surface area contributed by atoms with Gasteiger partial charge in [-0.15, -0.1) is 0 Å². The summed E-state index contributed by atoms with van der Waals surface area (Å²) in [6.45, 7) is 9.40. The van der Waals surface area contributed by atoms with Crippen molar-refractivity contribution in [3.05, 3.63) is 21.8 Å². The minimum absolute atomic E-state index is 0.0678. The molecule has 1 aromatic rings. The number of aliphatic hydroxyl groups excluding tert-OH is 1. The summed E-state index contributed by atoms with van der Waals surface area (Å²) in [4.78, 5) is 41.3. The highest BCUT2D eigenvalue weighted by atomic mass is 127. The minimum Gasteiger partial charge on any atom is -0.390 e. The Balaban J connectivity index is 2.00. The number of ether oxygens (including phenoxy) is 4. The highest BCUT2D eigenvalue weighted by Gasteiger charge is 2.36. The standard InChI is InChI=1S/C25H35I3N4O8/c1-12(33)32(9-13(34)6-29)21-19(27)16(22(35)30-7-14-10-37-24(2,3)39-14)18(26)17(20(21)28)23(36)31-8-15-11-38-25(4,5)40-15/h13-15,34H,6-11,29H2,1-5H3,(H,30,35)(H,31,36). The molecule has 3 atom stereocenters. The molecule has 40 heavy (non-hydrogen) atoms. The van der Waals surface area contributed by atoms with Crippen LogP contribution >= 0.6 is 67.8 Å². The van der Waals surface area contributed by atoms with Gasteiger partial charge in [0.25, 0.3) is 11.8 Å². The summed E-state index contributed by atoms with van der Waals surface area (Å²) in [7, 11) is 0. The molecule has 0 aliphatic carbocycles. The molecule has 0 bridgehead atoms. The summed E-state index contributed by atoms with van der Waals surface area (Å²) in [5, 5.41) is 16.1. The number of aliphatic hydroxyl groups is 1. The largest absolute Gasteiger partial charge is 0.390 e. The fraction of sp³-hybridized carbons (Fsp3) is 0.640. The van der Waals surface area contributed by atoms with E-state index in [9.17, 15) is 19.5 Å². The highest BCUT2D eigenvalue weighted by Crippen LogP contribution is 2.38. The second-order valence-electron chi connectivity index (χ2n) is 10.4. The van der Waals surface area contributed by atoms with E-state index in [0.717, 1.165) is 0 Å². The lowest BCUT2D eigenvalue weighted by Gasteiger charge is -2.29. The average molecular weight is 900 g/mol. The Bertz CT molecular complexity index is 1080. The second-order valence-corrected chi connectivity index (χ2v) is 13.6. The number of nitrogens with one attached hydrogen (secondary N) is 2. The Hall–Kier alpha value is -0.420. The number of amides is 3. The Labute approximate surface area is 274 Å². The molecule has 0 aromatic heterocycles. The number of benzene rings is 1. The molecule has 0 spiro atoms. The summed E-state index contributed by atoms with van der Waals surface area (Å²) in [5.74, 6) is -2.74. The van der Waals surface area contributed by atoms with Crippen LogP contribution in [0, 0.1) is 10.7 Å². The molecule has 224 valence electrons. The van der Waals surface area contributed by atoms with E-state index in [4.69, 9.17) is 24.7 Å². The van der Waals surface area contributed by atoms with Gasteiger partial charge in [-0.2, -0.15) is 0 Å². The Morgan fingerprint density at radius 2 is 1.35 bits per heavy atom. The molecule has 5 N–H and O–H groups in total. The molecule has 3 amide bonds. The van der Waals surface area contributed by atoms with Crippen LogP contribution in [0.4, 0.5) is 5.69 Å². The first-order chi connectivity index (χ1) is 18.6. The number of rotatable bonds is 10. The molecule has 2 heterocycles. The van der Waals surface area contributed by atoms with Gasteiger partial charge in [0, 0.05) is 30.1 Å². The number of hydrogen-bond donors (Lipinski definition) is 4. The molecule has 12 nitrogen and oxygen atoms in total. The molecule has 2 saturated heterocycles. The summed E-state index contributed by atoms with van der Waals surface area (Å²) >= 11 is 5.99. The Morgan fingerprint density at radius 1 is 0.925 bits per heavy atom. The highest BCUT2D eigenvalue weighted by molar-refractivity contribution is 14.1. The van der Waals surface area contributed by atoms with Gasteiger partial charge in [-0.05, 0) is 95.5 Å². The van der Waals surface area contributed by atoms with E-state index in [1.54, 1.807) is 27.7 Å². The van der Waals surface area contributed by atoms with Crippen LogP contribution in [-0.2, 0) is 23.7 Å². The molecular formula is C25H35I3N4O8. The normalized spacial score (nSPS) is 22.1. The molecule has 1 aromatic carbocycles. The van der Waals surface area contributed by atoms with Gasteiger partial charge in [-0.1, -0.05) is 0 Å². The monoisotopic (exact) mass is 900 g/mol. The van der Waals surface area contributed by atoms with Gasteiger partial charge in [-0.3, -0.25) is 14.4 Å². The molecule has 0 saturated carbocycles. The van der Waals surface area contributed by atoms with Crippen LogP contribution in [0.1, 0.15) is 55.3 Å². The fourth-order valence-corrected chi connectivity index (χ4v) is 8.99. The minimum atomic E-state index is -1.00. The van der Waals surface area contributed by atoms with E-state index < -0.39 is 29.5 Å². The lowest BCUT2D eigenvalue weighted by molar-refractivity contribution is -0.138. The van der Waals surface area contributed by atoms with Gasteiger partial charge >= 0.3 is 0 Å². The van der Waals surface area contributed by atoms with Crippen LogP contribution in [0.5, 0.6) is 0 Å². The number of nitrogens with two attached hydrogens (primary N) is 1. The van der Waals surface area contributed by atoms with Crippen LogP contribution in [0.3, 0.4) is 0 Å². The van der Waals surface area contributed by atoms with E-state index in [0.29, 0.717) is 29.6 Å². The van der Waals surface area contributed by atoms with E-state index in [2.05, 4.69) is 10.6 Å². The molecule has 2 fully saturated rings. The maximum Gasteiger partial charge on any atom is 0.253 e. The van der Waals surface area contributed by atoms with Crippen molar-refractivity contribution in [2.45, 2.75) is 64.5 Å². The van der Waals surface area contributed by atoms with Crippen LogP contribution in [0.15, 0.2) is 0 Å². The van der Waals surface area contributed by atoms with E-state index in [1.165, 1.54) is 11.8 Å². The smallest absolute Gasteiger partial charge is 0.253 e. The van der Waals surface area contributed by atoms with Crippen molar-refractivity contribution in [3.63, 3.8) is 0 Å². The van der Waals surface area contributed by atoms with Gasteiger partial charge in [0.1, 0.15) is 12.2 Å². The third-order valence-corrected chi connectivity index (χ3v) is 9.36. The third-order valence-electron chi connectivity index (χ3n) is 6.18. The van der Waals surface area contributed by atoms with Crippen molar-refractivity contribution in [1.82, 2.24) is 10.6 Å². The zero-order valence-corrected chi connectivity index (χ0v) is 29.4. The van der Waals surface area contributed by atoms with Crippen molar-refractivity contribution in [2.24, 2.45) is 5.73 Å². The quantitative estimate of drug-likeness (QED) is 0.258. The number of hydrogen-bond acceptors (Lipinski definition) is 9. The summed E-state index contributed by atoms with van der Waals surface area (Å²) in [6, 6.07) is 0. The van der Waals surface area contributed by atoms with E-state index in [-0.39, 0.29) is 55.4 Å². The maximum absolute atomic E-state index is 13.6. The molecule has 3 unspecified atom stereocenters. The van der Waals surface area contributed by atoms with E-state index in [1.807, 2.05) is 67.8 Å². The van der Waals surface area contributed by atoms with Gasteiger partial charge in [0.15, 0.2) is 11.6 Å². The van der Waals surface area contributed by atoms with E-state index >= 15 is 0 Å². The van der Waals surface area contributed by atoms with Crippen molar-refractivity contribution in [1.29, 1.82) is 0 Å². The Morgan fingerprint density at radius 3 is 1.68 bits per heavy atom. The Kier molecular flexibility index (Phi) is 11.9. The molecule has 15 heteroatoms. The third kappa shape index (κ3) is 8.35. The fourth-order valence-electron chi connectivity index (χ4n) is 4.27. The summed E-state index contributed by atoms with van der Waals surface area (Å²) in [5.41, 5.74) is 6.44. The molecular weight excluding hydrogens is 865 g/mol. The first kappa shape index (κ1) is 34.1. The number of nitrogens with zero attached hydrogens (tertiary/aromatic N) is 1. The van der Waals surface area contributed by atoms with Crippen molar-refractivity contribution < 1.29 is 38.4 Å². The lowest BCUT2D eigenvalue weighted by Crippen LogP contribution is -2.42. The van der Waals surface area contributed by atoms with Gasteiger partial charge in [0.2, 0.25) is 5.91 Å². The van der Waals surface area contributed by atoms with Gasteiger partial charge in [0.05, 0.1) is 49.8 Å². The number of halogens is 3. The first-order valence-electron chi connectivity index (χ1n) is 12.6. The summed E-state index contributed by atoms with van der Waals surface area (Å²) in [6.07, 6.45) is -1.69. The van der Waals surface area contributed by atoms with Crippen LogP contribution in [0.25, 0.3) is 0 Å². The SMILES string of the molecule is CC(=O)N(CC(O)CN)c1c(I)c(C(=O)NCC2COC(C)(C)O2)c(I)c(C(=O)NCC2COC(C)(C)O2)c1I. The number of carbonyl (C=O) groups is 3. The van der Waals surface area contributed by atoms with Crippen LogP contribution in [-0.4, -0.2) is 92.1 Å². The van der Waals surface area contributed by atoms with Crippen LogP contribution < -0.4 is 21.3 Å². The average Bonchev–Trinajstić information content (AvgIpc) is 3.39. The number of anilines is 1. The molecule has 2 aliphatic heterocycles. The predicted molar refractivity (Wildman–Crippen MR) is 172 cm³/mol. The lowest BCUT2D eigenvalue weighted by atomic mass is 10.1. The van der Waals surface area contributed by atoms with Crippen LogP contribution in [0.2, 0.25) is 0 Å². The molecule has 2 aliphatic rings. The van der Waals surface area contributed by atoms with Gasteiger partial charge in [-0.25, -0.2) is 0 Å².